The summed E-state index contributed by atoms with van der Waals surface area (Å²) in [5.74, 6) is 0. The van der Waals surface area contributed by atoms with E-state index in [1.807, 2.05) is 0 Å². The molecule has 0 aromatic carbocycles. The van der Waals surface area contributed by atoms with Crippen LogP contribution in [0.2, 0.25) is 0 Å². The molecular formula is C8H7NO3S2. The molecule has 0 saturated carbocycles. The van der Waals surface area contributed by atoms with E-state index in [0.717, 1.165) is 21.2 Å². The van der Waals surface area contributed by atoms with Gasteiger partial charge >= 0.3 is 4.87 Å². The van der Waals surface area contributed by atoms with Crippen molar-refractivity contribution in [3.8, 4) is 0 Å². The van der Waals surface area contributed by atoms with Gasteiger partial charge in [0.2, 0.25) is 10.3 Å². The molecule has 0 aliphatic heterocycles. The first kappa shape index (κ1) is 9.42. The summed E-state index contributed by atoms with van der Waals surface area (Å²) < 4.78 is 23.6. The van der Waals surface area contributed by atoms with Crippen LogP contribution in [0.4, 0.5) is 0 Å². The van der Waals surface area contributed by atoms with Crippen molar-refractivity contribution in [1.29, 1.82) is 0 Å². The lowest BCUT2D eigenvalue weighted by Crippen LogP contribution is -2.32. The molecule has 0 radical (unpaired) electrons. The van der Waals surface area contributed by atoms with Crippen LogP contribution in [0.25, 0.3) is 12.2 Å². The second kappa shape index (κ2) is 3.21. The molecule has 0 saturated heterocycles. The minimum atomic E-state index is -2.18. The van der Waals surface area contributed by atoms with Crippen LogP contribution in [-0.4, -0.2) is 17.8 Å². The maximum absolute atomic E-state index is 11.3. The van der Waals surface area contributed by atoms with Gasteiger partial charge in [-0.25, -0.2) is 0 Å². The number of thiazole rings is 1. The second-order valence-electron chi connectivity index (χ2n) is 2.93. The number of aromatic nitrogens is 1. The Morgan fingerprint density at radius 1 is 1.50 bits per heavy atom. The van der Waals surface area contributed by atoms with Gasteiger partial charge in [0.1, 0.15) is 0 Å². The molecule has 0 unspecified atom stereocenters. The minimum absolute atomic E-state index is 0.0690. The fourth-order valence-corrected chi connectivity index (χ4v) is 2.80. The minimum Gasteiger partial charge on any atom is -0.302 e. The standard InChI is InChI=1S/C8H7NO3S2/c1-9-6-3-2-5(14(11)12)4-7(6)13-8(9)10/h3-4H,2H2,1H3. The molecule has 0 amide bonds. The van der Waals surface area contributed by atoms with Crippen molar-refractivity contribution in [3.63, 3.8) is 0 Å². The Labute approximate surface area is 85.0 Å². The number of fused-ring (bicyclic) bond motifs is 1. The van der Waals surface area contributed by atoms with Crippen LogP contribution in [0.3, 0.4) is 0 Å². The zero-order valence-electron chi connectivity index (χ0n) is 7.35. The Hall–Kier alpha value is -1.14. The molecule has 14 heavy (non-hydrogen) atoms. The first-order valence-electron chi connectivity index (χ1n) is 3.92. The number of nitrogens with zero attached hydrogens (tertiary/aromatic N) is 1. The Kier molecular flexibility index (Phi) is 2.16. The zero-order chi connectivity index (χ0) is 10.3. The normalized spacial score (nSPS) is 14.2. The van der Waals surface area contributed by atoms with Gasteiger partial charge in [0.05, 0.1) is 14.7 Å². The molecule has 6 heteroatoms. The number of rotatable bonds is 0. The van der Waals surface area contributed by atoms with Gasteiger partial charge in [-0.2, -0.15) is 8.42 Å². The second-order valence-corrected chi connectivity index (χ2v) is 4.92. The lowest BCUT2D eigenvalue weighted by atomic mass is 10.2. The van der Waals surface area contributed by atoms with E-state index < -0.39 is 10.3 Å². The van der Waals surface area contributed by atoms with Gasteiger partial charge < -0.3 is 4.57 Å². The van der Waals surface area contributed by atoms with Gasteiger partial charge in [-0.15, -0.1) is 0 Å². The summed E-state index contributed by atoms with van der Waals surface area (Å²) in [4.78, 5) is 11.5. The highest BCUT2D eigenvalue weighted by molar-refractivity contribution is 7.73. The van der Waals surface area contributed by atoms with Crippen molar-refractivity contribution < 1.29 is 8.42 Å². The molecule has 0 fully saturated rings. The highest BCUT2D eigenvalue weighted by Gasteiger charge is 2.06. The van der Waals surface area contributed by atoms with Crippen LogP contribution in [-0.2, 0) is 17.3 Å². The summed E-state index contributed by atoms with van der Waals surface area (Å²) >= 11 is 1.06. The molecule has 0 atom stereocenters. The summed E-state index contributed by atoms with van der Waals surface area (Å²) in [5.41, 5.74) is 0. The summed E-state index contributed by atoms with van der Waals surface area (Å²) in [5, 5.41) is 0.814. The topological polar surface area (TPSA) is 56.1 Å². The van der Waals surface area contributed by atoms with Gasteiger partial charge in [-0.05, 0) is 6.08 Å². The summed E-state index contributed by atoms with van der Waals surface area (Å²) in [7, 11) is -0.500. The van der Waals surface area contributed by atoms with Gasteiger partial charge in [-0.3, -0.25) is 4.79 Å². The predicted octanol–water partition coefficient (Wildman–Crippen LogP) is -1.54. The predicted molar refractivity (Wildman–Crippen MR) is 56.3 cm³/mol. The van der Waals surface area contributed by atoms with Crippen LogP contribution < -0.4 is 14.8 Å². The third-order valence-electron chi connectivity index (χ3n) is 2.09. The summed E-state index contributed by atoms with van der Waals surface area (Å²) in [6.45, 7) is 0. The first-order valence-corrected chi connectivity index (χ1v) is 5.81. The molecule has 0 spiro atoms. The molecule has 74 valence electrons. The zero-order valence-corrected chi connectivity index (χ0v) is 8.98. The monoisotopic (exact) mass is 229 g/mol. The van der Waals surface area contributed by atoms with Crippen LogP contribution in [0.15, 0.2) is 4.79 Å². The maximum atomic E-state index is 11.3. The largest absolute Gasteiger partial charge is 0.307 e. The molecule has 2 rings (SSSR count). The molecule has 1 aromatic rings. The lowest BCUT2D eigenvalue weighted by molar-refractivity contribution is 0.627. The van der Waals surface area contributed by atoms with Crippen molar-refractivity contribution in [2.45, 2.75) is 6.42 Å². The Morgan fingerprint density at radius 2 is 2.21 bits per heavy atom. The van der Waals surface area contributed by atoms with Gasteiger partial charge in [0, 0.05) is 13.5 Å². The highest BCUT2D eigenvalue weighted by atomic mass is 32.2. The molecule has 1 aliphatic carbocycles. The van der Waals surface area contributed by atoms with E-state index in [9.17, 15) is 13.2 Å². The smallest absolute Gasteiger partial charge is 0.302 e. The van der Waals surface area contributed by atoms with Crippen LogP contribution >= 0.6 is 11.3 Å². The van der Waals surface area contributed by atoms with Gasteiger partial charge in [0.15, 0.2) is 0 Å². The van der Waals surface area contributed by atoms with E-state index in [2.05, 4.69) is 0 Å². The van der Waals surface area contributed by atoms with Crippen molar-refractivity contribution >= 4 is 38.6 Å². The number of hydrogen-bond acceptors (Lipinski definition) is 4. The quantitative estimate of drug-likeness (QED) is 0.507. The molecule has 0 bridgehead atoms. The van der Waals surface area contributed by atoms with E-state index in [0.29, 0.717) is 11.3 Å². The van der Waals surface area contributed by atoms with Gasteiger partial charge in [-0.1, -0.05) is 17.4 Å². The first-order chi connectivity index (χ1) is 6.59. The van der Waals surface area contributed by atoms with Crippen molar-refractivity contribution in [2.24, 2.45) is 7.05 Å². The molecule has 0 N–H and O–H groups in total. The lowest BCUT2D eigenvalue weighted by Gasteiger charge is -1.96. The summed E-state index contributed by atoms with van der Waals surface area (Å²) in [6, 6.07) is 0. The Morgan fingerprint density at radius 3 is 2.86 bits per heavy atom. The van der Waals surface area contributed by atoms with Crippen LogP contribution in [0.1, 0.15) is 6.42 Å². The van der Waals surface area contributed by atoms with E-state index in [4.69, 9.17) is 0 Å². The average Bonchev–Trinajstić information content (AvgIpc) is 2.42. The average molecular weight is 229 g/mol. The third kappa shape index (κ3) is 1.36. The molecule has 1 aromatic heterocycles. The van der Waals surface area contributed by atoms with Crippen LogP contribution in [0.5, 0.6) is 0 Å². The van der Waals surface area contributed by atoms with E-state index >= 15 is 0 Å². The van der Waals surface area contributed by atoms with Crippen LogP contribution in [0, 0.1) is 0 Å². The highest BCUT2D eigenvalue weighted by Crippen LogP contribution is 1.92. The molecule has 4 nitrogen and oxygen atoms in total. The fourth-order valence-electron chi connectivity index (χ4n) is 1.34. The van der Waals surface area contributed by atoms with Crippen molar-refractivity contribution in [1.82, 2.24) is 4.57 Å². The van der Waals surface area contributed by atoms with Crippen molar-refractivity contribution in [3.05, 3.63) is 19.5 Å². The molecule has 1 heterocycles. The maximum Gasteiger partial charge on any atom is 0.307 e. The third-order valence-corrected chi connectivity index (χ3v) is 3.80. The SMILES string of the molecule is Cn1c(=O)sc2c1=CCC(=S(=O)=O)C=2. The Balaban J connectivity index is 2.94. The van der Waals surface area contributed by atoms with E-state index in [1.54, 1.807) is 19.2 Å². The molecular weight excluding hydrogens is 222 g/mol. The Bertz CT molecular complexity index is 680. The fraction of sp³-hybridized carbons (Fsp3) is 0.250. The number of hydrogen-bond donors (Lipinski definition) is 0. The molecule has 1 aliphatic rings. The van der Waals surface area contributed by atoms with E-state index in [-0.39, 0.29) is 4.87 Å². The van der Waals surface area contributed by atoms with Crippen molar-refractivity contribution in [2.75, 3.05) is 0 Å². The van der Waals surface area contributed by atoms with E-state index in [1.165, 1.54) is 4.57 Å². The van der Waals surface area contributed by atoms with Gasteiger partial charge in [0.25, 0.3) is 0 Å². The summed E-state index contributed by atoms with van der Waals surface area (Å²) in [6.07, 6.45) is 3.69.